The molecule has 0 fully saturated rings. The molecule has 0 aliphatic carbocycles. The van der Waals surface area contributed by atoms with Crippen LogP contribution in [0.25, 0.3) is 0 Å². The zero-order valence-corrected chi connectivity index (χ0v) is 13.9. The highest BCUT2D eigenvalue weighted by atomic mass is 16.5. The molecule has 0 heterocycles. The van der Waals surface area contributed by atoms with E-state index in [2.05, 4.69) is 5.32 Å². The Hall–Kier alpha value is -2.89. The van der Waals surface area contributed by atoms with Crippen LogP contribution in [0.1, 0.15) is 12.5 Å². The molecular formula is C18H22N2O4. The third-order valence-electron chi connectivity index (χ3n) is 3.26. The molecule has 2 aromatic carbocycles. The summed E-state index contributed by atoms with van der Waals surface area (Å²) in [7, 11) is 1.64. The predicted octanol–water partition coefficient (Wildman–Crippen LogP) is 2.57. The van der Waals surface area contributed by atoms with Gasteiger partial charge < -0.3 is 25.3 Å². The van der Waals surface area contributed by atoms with Crippen LogP contribution in [-0.2, 0) is 11.3 Å². The van der Waals surface area contributed by atoms with Crippen molar-refractivity contribution < 1.29 is 19.0 Å². The third kappa shape index (κ3) is 5.08. The average molecular weight is 330 g/mol. The SMILES string of the molecule is CCOc1cc(CNc2ccc(OC)cc2)ccc1OCC(N)=O. The van der Waals surface area contributed by atoms with E-state index in [1.54, 1.807) is 13.2 Å². The van der Waals surface area contributed by atoms with Crippen LogP contribution in [0.2, 0.25) is 0 Å². The van der Waals surface area contributed by atoms with Gasteiger partial charge in [-0.2, -0.15) is 0 Å². The van der Waals surface area contributed by atoms with Crippen LogP contribution < -0.4 is 25.3 Å². The van der Waals surface area contributed by atoms with Gasteiger partial charge in [0.2, 0.25) is 0 Å². The number of hydrogen-bond donors (Lipinski definition) is 2. The monoisotopic (exact) mass is 330 g/mol. The molecule has 0 atom stereocenters. The van der Waals surface area contributed by atoms with E-state index in [1.807, 2.05) is 43.3 Å². The van der Waals surface area contributed by atoms with Crippen LogP contribution in [0.3, 0.4) is 0 Å². The number of carbonyl (C=O) groups excluding carboxylic acids is 1. The van der Waals surface area contributed by atoms with Crippen LogP contribution in [0, 0.1) is 0 Å². The summed E-state index contributed by atoms with van der Waals surface area (Å²) in [5.74, 6) is 1.38. The summed E-state index contributed by atoms with van der Waals surface area (Å²) in [5, 5.41) is 3.33. The van der Waals surface area contributed by atoms with E-state index in [1.165, 1.54) is 0 Å². The number of methoxy groups -OCH3 is 1. The normalized spacial score (nSPS) is 10.1. The molecule has 6 nitrogen and oxygen atoms in total. The number of anilines is 1. The molecule has 128 valence electrons. The van der Waals surface area contributed by atoms with Crippen LogP contribution in [0.15, 0.2) is 42.5 Å². The van der Waals surface area contributed by atoms with Crippen molar-refractivity contribution in [2.45, 2.75) is 13.5 Å². The van der Waals surface area contributed by atoms with Crippen molar-refractivity contribution in [3.8, 4) is 17.2 Å². The van der Waals surface area contributed by atoms with E-state index in [0.717, 1.165) is 17.0 Å². The molecule has 0 unspecified atom stereocenters. The van der Waals surface area contributed by atoms with Gasteiger partial charge in [-0.3, -0.25) is 4.79 Å². The molecule has 0 bridgehead atoms. The van der Waals surface area contributed by atoms with Crippen molar-refractivity contribution in [1.29, 1.82) is 0 Å². The molecule has 1 amide bonds. The number of hydrogen-bond acceptors (Lipinski definition) is 5. The van der Waals surface area contributed by atoms with Gasteiger partial charge in [0.25, 0.3) is 5.91 Å². The number of rotatable bonds is 9. The molecule has 0 aromatic heterocycles. The molecular weight excluding hydrogens is 308 g/mol. The second-order valence-corrected chi connectivity index (χ2v) is 5.05. The van der Waals surface area contributed by atoms with E-state index in [0.29, 0.717) is 24.7 Å². The highest BCUT2D eigenvalue weighted by molar-refractivity contribution is 5.75. The first kappa shape index (κ1) is 17.5. The number of carbonyl (C=O) groups is 1. The lowest BCUT2D eigenvalue weighted by molar-refractivity contribution is -0.119. The summed E-state index contributed by atoms with van der Waals surface area (Å²) in [6.07, 6.45) is 0. The molecule has 0 aliphatic rings. The standard InChI is InChI=1S/C18H22N2O4/c1-3-23-17-10-13(4-9-16(17)24-12-18(19)21)11-20-14-5-7-15(22-2)8-6-14/h4-10,20H,3,11-12H2,1-2H3,(H2,19,21). The first-order valence-electron chi connectivity index (χ1n) is 7.67. The van der Waals surface area contributed by atoms with E-state index in [4.69, 9.17) is 19.9 Å². The molecule has 0 saturated carbocycles. The number of nitrogens with two attached hydrogens (primary N) is 1. The topological polar surface area (TPSA) is 82.8 Å². The summed E-state index contributed by atoms with van der Waals surface area (Å²) in [4.78, 5) is 10.9. The fraction of sp³-hybridized carbons (Fsp3) is 0.278. The fourth-order valence-electron chi connectivity index (χ4n) is 2.11. The fourth-order valence-corrected chi connectivity index (χ4v) is 2.11. The first-order chi connectivity index (χ1) is 11.6. The van der Waals surface area contributed by atoms with E-state index in [-0.39, 0.29) is 6.61 Å². The van der Waals surface area contributed by atoms with E-state index in [9.17, 15) is 4.79 Å². The Balaban J connectivity index is 2.03. The zero-order chi connectivity index (χ0) is 17.4. The number of primary amides is 1. The highest BCUT2D eigenvalue weighted by Crippen LogP contribution is 2.29. The number of nitrogens with one attached hydrogen (secondary N) is 1. The van der Waals surface area contributed by atoms with Crippen LogP contribution in [0.4, 0.5) is 5.69 Å². The minimum atomic E-state index is -0.525. The maximum atomic E-state index is 10.9. The Labute approximate surface area is 141 Å². The number of amides is 1. The predicted molar refractivity (Wildman–Crippen MR) is 92.6 cm³/mol. The quantitative estimate of drug-likeness (QED) is 0.738. The van der Waals surface area contributed by atoms with Gasteiger partial charge in [0.1, 0.15) is 5.75 Å². The maximum Gasteiger partial charge on any atom is 0.255 e. The maximum absolute atomic E-state index is 10.9. The van der Waals surface area contributed by atoms with Crippen molar-refractivity contribution in [1.82, 2.24) is 0 Å². The van der Waals surface area contributed by atoms with Crippen molar-refractivity contribution in [2.24, 2.45) is 5.73 Å². The van der Waals surface area contributed by atoms with Crippen molar-refractivity contribution >= 4 is 11.6 Å². The Morgan fingerprint density at radius 1 is 1.08 bits per heavy atom. The molecule has 2 rings (SSSR count). The molecule has 3 N–H and O–H groups in total. The Morgan fingerprint density at radius 3 is 2.46 bits per heavy atom. The average Bonchev–Trinajstić information content (AvgIpc) is 2.59. The zero-order valence-electron chi connectivity index (χ0n) is 13.9. The second-order valence-electron chi connectivity index (χ2n) is 5.05. The Bertz CT molecular complexity index is 671. The van der Waals surface area contributed by atoms with Gasteiger partial charge in [-0.05, 0) is 48.9 Å². The second kappa shape index (κ2) is 8.67. The van der Waals surface area contributed by atoms with Gasteiger partial charge in [-0.15, -0.1) is 0 Å². The van der Waals surface area contributed by atoms with Crippen molar-refractivity contribution in [3.63, 3.8) is 0 Å². The van der Waals surface area contributed by atoms with Crippen molar-refractivity contribution in [2.75, 3.05) is 25.6 Å². The summed E-state index contributed by atoms with van der Waals surface area (Å²) in [5.41, 5.74) is 7.12. The van der Waals surface area contributed by atoms with Crippen LogP contribution in [-0.4, -0.2) is 26.2 Å². The molecule has 2 aromatic rings. The van der Waals surface area contributed by atoms with Gasteiger partial charge in [-0.1, -0.05) is 6.07 Å². The summed E-state index contributed by atoms with van der Waals surface area (Å²) >= 11 is 0. The lowest BCUT2D eigenvalue weighted by Crippen LogP contribution is -2.20. The molecule has 0 radical (unpaired) electrons. The lowest BCUT2D eigenvalue weighted by atomic mass is 10.2. The highest BCUT2D eigenvalue weighted by Gasteiger charge is 2.08. The minimum absolute atomic E-state index is 0.177. The largest absolute Gasteiger partial charge is 0.497 e. The molecule has 0 spiro atoms. The first-order valence-corrected chi connectivity index (χ1v) is 7.67. The lowest BCUT2D eigenvalue weighted by Gasteiger charge is -2.13. The smallest absolute Gasteiger partial charge is 0.255 e. The van der Waals surface area contributed by atoms with Gasteiger partial charge in [0, 0.05) is 12.2 Å². The van der Waals surface area contributed by atoms with Gasteiger partial charge in [-0.25, -0.2) is 0 Å². The van der Waals surface area contributed by atoms with Crippen LogP contribution >= 0.6 is 0 Å². The van der Waals surface area contributed by atoms with Gasteiger partial charge >= 0.3 is 0 Å². The molecule has 0 aliphatic heterocycles. The van der Waals surface area contributed by atoms with Gasteiger partial charge in [0.05, 0.1) is 13.7 Å². The third-order valence-corrected chi connectivity index (χ3v) is 3.26. The Morgan fingerprint density at radius 2 is 1.83 bits per heavy atom. The van der Waals surface area contributed by atoms with Crippen molar-refractivity contribution in [3.05, 3.63) is 48.0 Å². The minimum Gasteiger partial charge on any atom is -0.497 e. The molecule has 6 heteroatoms. The summed E-state index contributed by atoms with van der Waals surface area (Å²) in [6, 6.07) is 13.3. The van der Waals surface area contributed by atoms with E-state index >= 15 is 0 Å². The van der Waals surface area contributed by atoms with E-state index < -0.39 is 5.91 Å². The number of benzene rings is 2. The summed E-state index contributed by atoms with van der Waals surface area (Å²) < 4.78 is 16.1. The molecule has 0 saturated heterocycles. The Kier molecular flexibility index (Phi) is 6.31. The summed E-state index contributed by atoms with van der Waals surface area (Å²) in [6.45, 7) is 2.84. The van der Waals surface area contributed by atoms with Gasteiger partial charge in [0.15, 0.2) is 18.1 Å². The van der Waals surface area contributed by atoms with Crippen LogP contribution in [0.5, 0.6) is 17.2 Å². The molecule has 24 heavy (non-hydrogen) atoms. The number of ether oxygens (including phenoxy) is 3.